The second-order valence-corrected chi connectivity index (χ2v) is 6.78. The number of hydrogen-bond donors (Lipinski definition) is 1. The van der Waals surface area contributed by atoms with Crippen LogP contribution >= 0.6 is 24.0 Å². The second-order valence-electron chi connectivity index (χ2n) is 6.78. The maximum absolute atomic E-state index is 5.44. The highest BCUT2D eigenvalue weighted by Gasteiger charge is 2.19. The van der Waals surface area contributed by atoms with E-state index in [4.69, 9.17) is 9.73 Å². The third kappa shape index (κ3) is 5.91. The average Bonchev–Trinajstić information content (AvgIpc) is 3.02. The van der Waals surface area contributed by atoms with Crippen LogP contribution in [0.1, 0.15) is 36.1 Å². The molecule has 0 unspecified atom stereocenters. The molecule has 0 amide bonds. The van der Waals surface area contributed by atoms with Crippen LogP contribution in [0.5, 0.6) is 0 Å². The summed E-state index contributed by atoms with van der Waals surface area (Å²) in [6, 6.07) is 8.66. The Hall–Kier alpha value is -1.68. The summed E-state index contributed by atoms with van der Waals surface area (Å²) in [6.45, 7) is 8.70. The van der Waals surface area contributed by atoms with E-state index in [0.717, 1.165) is 63.3 Å². The van der Waals surface area contributed by atoms with E-state index in [0.29, 0.717) is 6.54 Å². The Labute approximate surface area is 184 Å². The number of hydrogen-bond acceptors (Lipinski definition) is 4. The average molecular weight is 498 g/mol. The van der Waals surface area contributed by atoms with Crippen molar-refractivity contribution in [3.8, 4) is 0 Å². The standard InChI is InChI=1S/C20H30N6O.HI/c1-4-27-13-7-11-21-20(22-14-19-24-23-16(2)25(19)3)26-12-10-17-8-5-6-9-18(17)15-26;/h5-6,8-9H,4,7,10-15H2,1-3H3,(H,21,22);1H. The van der Waals surface area contributed by atoms with Crippen molar-refractivity contribution in [1.82, 2.24) is 25.0 Å². The smallest absolute Gasteiger partial charge is 0.194 e. The minimum Gasteiger partial charge on any atom is -0.382 e. The van der Waals surface area contributed by atoms with Crippen LogP contribution in [-0.2, 0) is 31.3 Å². The first-order valence-corrected chi connectivity index (χ1v) is 9.71. The second kappa shape index (κ2) is 11.4. The van der Waals surface area contributed by atoms with E-state index >= 15 is 0 Å². The first-order chi connectivity index (χ1) is 13.2. The number of aromatic nitrogens is 3. The number of halogens is 1. The molecule has 0 radical (unpaired) electrons. The van der Waals surface area contributed by atoms with Crippen molar-refractivity contribution in [2.75, 3.05) is 26.3 Å². The molecule has 8 heteroatoms. The first-order valence-electron chi connectivity index (χ1n) is 9.71. The number of nitrogens with one attached hydrogen (secondary N) is 1. The third-order valence-corrected chi connectivity index (χ3v) is 4.94. The summed E-state index contributed by atoms with van der Waals surface area (Å²) in [5, 5.41) is 11.9. The van der Waals surface area contributed by atoms with E-state index in [1.807, 2.05) is 25.5 Å². The van der Waals surface area contributed by atoms with Crippen LogP contribution < -0.4 is 5.32 Å². The van der Waals surface area contributed by atoms with Gasteiger partial charge in [-0.05, 0) is 37.8 Å². The van der Waals surface area contributed by atoms with Gasteiger partial charge >= 0.3 is 0 Å². The molecule has 1 aliphatic rings. The van der Waals surface area contributed by atoms with E-state index < -0.39 is 0 Å². The van der Waals surface area contributed by atoms with Crippen LogP contribution in [0, 0.1) is 6.92 Å². The van der Waals surface area contributed by atoms with Crippen LogP contribution in [0.3, 0.4) is 0 Å². The van der Waals surface area contributed by atoms with Crippen molar-refractivity contribution in [2.24, 2.45) is 12.0 Å². The van der Waals surface area contributed by atoms with Crippen LogP contribution in [0.25, 0.3) is 0 Å². The molecule has 7 nitrogen and oxygen atoms in total. The summed E-state index contributed by atoms with van der Waals surface area (Å²) < 4.78 is 7.43. The fraction of sp³-hybridized carbons (Fsp3) is 0.550. The minimum absolute atomic E-state index is 0. The lowest BCUT2D eigenvalue weighted by Gasteiger charge is -2.32. The van der Waals surface area contributed by atoms with Gasteiger partial charge in [0.1, 0.15) is 12.4 Å². The number of ether oxygens (including phenoxy) is 1. The fourth-order valence-electron chi connectivity index (χ4n) is 3.20. The molecule has 0 spiro atoms. The van der Waals surface area contributed by atoms with Crippen molar-refractivity contribution in [1.29, 1.82) is 0 Å². The van der Waals surface area contributed by atoms with E-state index in [-0.39, 0.29) is 24.0 Å². The highest BCUT2D eigenvalue weighted by Crippen LogP contribution is 2.18. The molecule has 0 aliphatic carbocycles. The van der Waals surface area contributed by atoms with Crippen molar-refractivity contribution < 1.29 is 4.74 Å². The van der Waals surface area contributed by atoms with Gasteiger partial charge in [0.25, 0.3) is 0 Å². The predicted octanol–water partition coefficient (Wildman–Crippen LogP) is 2.67. The number of aryl methyl sites for hydroxylation is 1. The molecule has 0 saturated carbocycles. The van der Waals surface area contributed by atoms with Crippen molar-refractivity contribution in [2.45, 2.75) is 39.8 Å². The molecule has 2 aromatic rings. The van der Waals surface area contributed by atoms with Crippen molar-refractivity contribution in [3.63, 3.8) is 0 Å². The molecular formula is C20H31IN6O. The van der Waals surface area contributed by atoms with Gasteiger partial charge in [-0.25, -0.2) is 4.99 Å². The van der Waals surface area contributed by atoms with Gasteiger partial charge in [-0.2, -0.15) is 0 Å². The summed E-state index contributed by atoms with van der Waals surface area (Å²) in [5.41, 5.74) is 2.82. The lowest BCUT2D eigenvalue weighted by Crippen LogP contribution is -2.44. The topological polar surface area (TPSA) is 67.6 Å². The van der Waals surface area contributed by atoms with E-state index in [1.165, 1.54) is 11.1 Å². The van der Waals surface area contributed by atoms with Gasteiger partial charge in [0.05, 0.1) is 0 Å². The number of fused-ring (bicyclic) bond motifs is 1. The zero-order valence-corrected chi connectivity index (χ0v) is 19.3. The molecule has 0 saturated heterocycles. The minimum atomic E-state index is 0. The summed E-state index contributed by atoms with van der Waals surface area (Å²) in [7, 11) is 1.98. The molecule has 1 aromatic carbocycles. The highest BCUT2D eigenvalue weighted by molar-refractivity contribution is 14.0. The molecule has 154 valence electrons. The van der Waals surface area contributed by atoms with Gasteiger partial charge < -0.3 is 19.5 Å². The first kappa shape index (κ1) is 22.6. The summed E-state index contributed by atoms with van der Waals surface area (Å²) in [4.78, 5) is 7.18. The van der Waals surface area contributed by atoms with Crippen molar-refractivity contribution >= 4 is 29.9 Å². The highest BCUT2D eigenvalue weighted by atomic mass is 127. The Kier molecular flexibility index (Phi) is 9.17. The van der Waals surface area contributed by atoms with Crippen LogP contribution in [0.4, 0.5) is 0 Å². The summed E-state index contributed by atoms with van der Waals surface area (Å²) >= 11 is 0. The van der Waals surface area contributed by atoms with Crippen LogP contribution in [0.15, 0.2) is 29.3 Å². The largest absolute Gasteiger partial charge is 0.382 e. The maximum Gasteiger partial charge on any atom is 0.194 e. The molecule has 0 bridgehead atoms. The quantitative estimate of drug-likeness (QED) is 0.275. The van der Waals surface area contributed by atoms with Gasteiger partial charge in [-0.1, -0.05) is 24.3 Å². The number of benzene rings is 1. The summed E-state index contributed by atoms with van der Waals surface area (Å²) in [6.07, 6.45) is 2.00. The maximum atomic E-state index is 5.44. The number of nitrogens with zero attached hydrogens (tertiary/aromatic N) is 5. The van der Waals surface area contributed by atoms with Crippen LogP contribution in [0.2, 0.25) is 0 Å². The van der Waals surface area contributed by atoms with Crippen LogP contribution in [-0.4, -0.2) is 51.9 Å². The van der Waals surface area contributed by atoms with Gasteiger partial charge in [0.2, 0.25) is 0 Å². The molecule has 1 N–H and O–H groups in total. The molecule has 2 heterocycles. The van der Waals surface area contributed by atoms with Gasteiger partial charge in [0.15, 0.2) is 11.8 Å². The molecular weight excluding hydrogens is 467 g/mol. The number of rotatable bonds is 7. The Balaban J connectivity index is 0.00000280. The van der Waals surface area contributed by atoms with E-state index in [2.05, 4.69) is 44.7 Å². The molecule has 0 atom stereocenters. The molecule has 28 heavy (non-hydrogen) atoms. The summed E-state index contributed by atoms with van der Waals surface area (Å²) in [5.74, 6) is 2.71. The molecule has 1 aliphatic heterocycles. The zero-order valence-electron chi connectivity index (χ0n) is 17.0. The Morgan fingerprint density at radius 1 is 1.25 bits per heavy atom. The third-order valence-electron chi connectivity index (χ3n) is 4.94. The lowest BCUT2D eigenvalue weighted by molar-refractivity contribution is 0.145. The molecule has 0 fully saturated rings. The normalized spacial score (nSPS) is 13.8. The zero-order chi connectivity index (χ0) is 19.1. The Morgan fingerprint density at radius 2 is 2.04 bits per heavy atom. The molecule has 1 aromatic heterocycles. The van der Waals surface area contributed by atoms with Gasteiger partial charge in [-0.15, -0.1) is 34.2 Å². The Bertz CT molecular complexity index is 776. The van der Waals surface area contributed by atoms with E-state index in [9.17, 15) is 0 Å². The lowest BCUT2D eigenvalue weighted by atomic mass is 10.0. The predicted molar refractivity (Wildman–Crippen MR) is 122 cm³/mol. The SMILES string of the molecule is CCOCCCNC(=NCc1nnc(C)n1C)N1CCc2ccccc2C1.I. The van der Waals surface area contributed by atoms with E-state index in [1.54, 1.807) is 0 Å². The van der Waals surface area contributed by atoms with Gasteiger partial charge in [-0.3, -0.25) is 0 Å². The number of guanidine groups is 1. The monoisotopic (exact) mass is 498 g/mol. The van der Waals surface area contributed by atoms with Crippen molar-refractivity contribution in [3.05, 3.63) is 47.0 Å². The van der Waals surface area contributed by atoms with Gasteiger partial charge in [0, 0.05) is 39.9 Å². The number of aliphatic imine (C=N–C) groups is 1. The molecule has 3 rings (SSSR count). The Morgan fingerprint density at radius 3 is 2.75 bits per heavy atom. The fourth-order valence-corrected chi connectivity index (χ4v) is 3.20.